The zero-order valence-corrected chi connectivity index (χ0v) is 65.1. The van der Waals surface area contributed by atoms with Gasteiger partial charge in [-0.15, -0.1) is 0 Å². The van der Waals surface area contributed by atoms with Crippen molar-refractivity contribution in [1.82, 2.24) is 0 Å². The van der Waals surface area contributed by atoms with Crippen LogP contribution in [0.15, 0.2) is 134 Å². The molecule has 0 rings (SSSR count). The van der Waals surface area contributed by atoms with E-state index in [-0.39, 0.29) is 32.2 Å². The van der Waals surface area contributed by atoms with E-state index in [1.165, 1.54) is 225 Å². The predicted octanol–water partition coefficient (Wildman–Crippen LogP) is 26.8. The number of hydrogen-bond donors (Lipinski definition) is 1. The molecule has 9 nitrogen and oxygen atoms in total. The SMILES string of the molecule is CC/C=C\C/C=C\C/C=C\C/C=C\C/C=C\C/C=C\C/C=C\CCCCCCCCCCCCCCCCCCCC(=O)OC(COC(=O)CCCCCCCCCCCCCCCCCCCCCCCC/C=C\C/C=C\C/C=C\C/C=C\CC)COC(OCC[N+](C)(C)C)C(=O)O. The van der Waals surface area contributed by atoms with Gasteiger partial charge in [0.25, 0.3) is 6.29 Å². The summed E-state index contributed by atoms with van der Waals surface area (Å²) in [6.45, 7) is 4.69. The summed E-state index contributed by atoms with van der Waals surface area (Å²) in [5, 5.41) is 9.78. The maximum absolute atomic E-state index is 13.0. The van der Waals surface area contributed by atoms with Crippen LogP contribution in [0.25, 0.3) is 0 Å². The summed E-state index contributed by atoms with van der Waals surface area (Å²) in [6.07, 6.45) is 112. The Balaban J connectivity index is 4.00. The second kappa shape index (κ2) is 79.1. The molecule has 99 heavy (non-hydrogen) atoms. The fourth-order valence-corrected chi connectivity index (χ4v) is 11.7. The Labute approximate surface area is 611 Å². The Hall–Kier alpha value is -4.57. The molecule has 0 aliphatic heterocycles. The predicted molar refractivity (Wildman–Crippen MR) is 428 cm³/mol. The zero-order valence-electron chi connectivity index (χ0n) is 65.1. The molecule has 568 valence electrons. The zero-order chi connectivity index (χ0) is 71.8. The van der Waals surface area contributed by atoms with Crippen LogP contribution in [-0.4, -0.2) is 87.4 Å². The monoisotopic (exact) mass is 1380 g/mol. The van der Waals surface area contributed by atoms with Gasteiger partial charge in [-0.1, -0.05) is 372 Å². The first-order valence-electron chi connectivity index (χ1n) is 41.3. The topological polar surface area (TPSA) is 108 Å². The van der Waals surface area contributed by atoms with Crippen LogP contribution >= 0.6 is 0 Å². The lowest BCUT2D eigenvalue weighted by molar-refractivity contribution is -0.870. The van der Waals surface area contributed by atoms with Crippen LogP contribution in [0.1, 0.15) is 361 Å². The Morgan fingerprint density at radius 3 is 0.808 bits per heavy atom. The minimum Gasteiger partial charge on any atom is -0.477 e. The smallest absolute Gasteiger partial charge is 0.361 e. The van der Waals surface area contributed by atoms with Gasteiger partial charge in [0.1, 0.15) is 13.2 Å². The van der Waals surface area contributed by atoms with E-state index >= 15 is 0 Å². The number of rotatable bonds is 76. The molecule has 2 unspecified atom stereocenters. The summed E-state index contributed by atoms with van der Waals surface area (Å²) >= 11 is 0. The summed E-state index contributed by atoms with van der Waals surface area (Å²) in [5.41, 5.74) is 0. The Morgan fingerprint density at radius 1 is 0.303 bits per heavy atom. The standard InChI is InChI=1S/C90H155NO8/c1-6-8-10-12-14-16-18-20-22-24-26-28-30-32-34-36-38-40-42-43-44-45-47-49-51-53-55-57-59-61-63-65-67-69-71-73-75-77-79-81-88(93)99-86(85-98-90(89(94)95)96-83-82-91(3,4)5)84-97-87(92)80-78-76-74-72-70-68-66-64-62-60-58-56-54-52-50-48-46-41-39-37-35-33-31-29-27-25-23-21-19-17-15-13-11-9-7-2/h8-11,14-17,20-23,26-29,32,34,38,40,43-44,86,90H,6-7,12-13,18-19,24-25,30-31,33,35-37,39,41-42,45-85H2,1-5H3/p+1/b10-8-,11-9-,16-14-,17-15-,22-20-,23-21-,28-26-,29-27-,34-32-,40-38-,44-43-. The van der Waals surface area contributed by atoms with E-state index in [2.05, 4.69) is 148 Å². The number of ether oxygens (including phenoxy) is 4. The molecule has 0 heterocycles. The lowest BCUT2D eigenvalue weighted by Crippen LogP contribution is -2.40. The van der Waals surface area contributed by atoms with Gasteiger partial charge in [-0.3, -0.25) is 9.59 Å². The average Bonchev–Trinajstić information content (AvgIpc) is 1.14. The van der Waals surface area contributed by atoms with E-state index in [0.29, 0.717) is 17.4 Å². The van der Waals surface area contributed by atoms with Crippen molar-refractivity contribution < 1.29 is 42.9 Å². The number of carboxylic acid groups (broad SMARTS) is 1. The second-order valence-corrected chi connectivity index (χ2v) is 28.7. The summed E-state index contributed by atoms with van der Waals surface area (Å²) in [4.78, 5) is 37.8. The third-order valence-corrected chi connectivity index (χ3v) is 17.9. The molecular weight excluding hydrogens is 1220 g/mol. The van der Waals surface area contributed by atoms with Crippen molar-refractivity contribution in [3.63, 3.8) is 0 Å². The van der Waals surface area contributed by atoms with Gasteiger partial charge in [0.05, 0.1) is 34.4 Å². The Kier molecular flexibility index (Phi) is 75.5. The molecule has 0 bridgehead atoms. The number of nitrogens with zero attached hydrogens (tertiary/aromatic N) is 1. The first-order chi connectivity index (χ1) is 48.6. The fourth-order valence-electron chi connectivity index (χ4n) is 11.7. The van der Waals surface area contributed by atoms with Gasteiger partial charge in [0.15, 0.2) is 6.10 Å². The van der Waals surface area contributed by atoms with E-state index in [1.54, 1.807) is 0 Å². The number of likely N-dealkylation sites (N-methyl/N-ethyl adjacent to an activating group) is 1. The fraction of sp³-hybridized carbons (Fsp3) is 0.722. The van der Waals surface area contributed by atoms with E-state index in [4.69, 9.17) is 18.9 Å². The van der Waals surface area contributed by atoms with Crippen LogP contribution in [0.2, 0.25) is 0 Å². The summed E-state index contributed by atoms with van der Waals surface area (Å²) < 4.78 is 23.1. The van der Waals surface area contributed by atoms with E-state index < -0.39 is 24.3 Å². The average molecular weight is 1380 g/mol. The van der Waals surface area contributed by atoms with Crippen molar-refractivity contribution in [2.45, 2.75) is 373 Å². The van der Waals surface area contributed by atoms with Gasteiger partial charge < -0.3 is 28.5 Å². The van der Waals surface area contributed by atoms with Crippen LogP contribution in [-0.2, 0) is 33.3 Å². The molecule has 0 aliphatic carbocycles. The van der Waals surface area contributed by atoms with Crippen molar-refractivity contribution >= 4 is 17.9 Å². The van der Waals surface area contributed by atoms with Crippen molar-refractivity contribution in [1.29, 1.82) is 0 Å². The molecular formula is C90H156NO8+. The van der Waals surface area contributed by atoms with E-state index in [9.17, 15) is 19.5 Å². The third-order valence-electron chi connectivity index (χ3n) is 17.9. The van der Waals surface area contributed by atoms with Gasteiger partial charge in [0, 0.05) is 12.8 Å². The van der Waals surface area contributed by atoms with Gasteiger partial charge in [-0.25, -0.2) is 4.79 Å². The van der Waals surface area contributed by atoms with E-state index in [1.807, 2.05) is 21.1 Å². The highest BCUT2D eigenvalue weighted by molar-refractivity contribution is 5.71. The van der Waals surface area contributed by atoms with E-state index in [0.717, 1.165) is 109 Å². The maximum Gasteiger partial charge on any atom is 0.361 e. The largest absolute Gasteiger partial charge is 0.477 e. The number of allylic oxidation sites excluding steroid dienone is 22. The number of carbonyl (C=O) groups excluding carboxylic acids is 2. The van der Waals surface area contributed by atoms with Gasteiger partial charge in [0.2, 0.25) is 0 Å². The minimum atomic E-state index is -1.52. The second-order valence-electron chi connectivity index (χ2n) is 28.7. The molecule has 0 saturated heterocycles. The lowest BCUT2D eigenvalue weighted by atomic mass is 10.0. The van der Waals surface area contributed by atoms with Crippen LogP contribution in [0.4, 0.5) is 0 Å². The van der Waals surface area contributed by atoms with Gasteiger partial charge in [-0.05, 0) is 109 Å². The van der Waals surface area contributed by atoms with Crippen LogP contribution in [0.3, 0.4) is 0 Å². The van der Waals surface area contributed by atoms with Crippen molar-refractivity contribution in [3.8, 4) is 0 Å². The molecule has 0 aromatic carbocycles. The molecule has 0 saturated carbocycles. The molecule has 0 amide bonds. The third kappa shape index (κ3) is 80.6. The van der Waals surface area contributed by atoms with Crippen LogP contribution in [0, 0.1) is 0 Å². The summed E-state index contributed by atoms with van der Waals surface area (Å²) in [5.74, 6) is -1.99. The summed E-state index contributed by atoms with van der Waals surface area (Å²) in [6, 6.07) is 0. The van der Waals surface area contributed by atoms with Gasteiger partial charge in [-0.2, -0.15) is 0 Å². The van der Waals surface area contributed by atoms with Gasteiger partial charge >= 0.3 is 17.9 Å². The normalized spacial score (nSPS) is 13.3. The number of aliphatic carboxylic acids is 1. The first-order valence-corrected chi connectivity index (χ1v) is 41.3. The molecule has 0 spiro atoms. The molecule has 0 aromatic heterocycles. The quantitative estimate of drug-likeness (QED) is 0.0211. The maximum atomic E-state index is 13.0. The van der Waals surface area contributed by atoms with Crippen molar-refractivity contribution in [3.05, 3.63) is 134 Å². The number of hydrogen-bond acceptors (Lipinski definition) is 7. The Morgan fingerprint density at radius 2 is 0.545 bits per heavy atom. The highest BCUT2D eigenvalue weighted by Gasteiger charge is 2.25. The molecule has 0 radical (unpaired) electrons. The number of carboxylic acids is 1. The molecule has 9 heteroatoms. The highest BCUT2D eigenvalue weighted by atomic mass is 16.7. The molecule has 0 aromatic rings. The first kappa shape index (κ1) is 94.4. The number of carbonyl (C=O) groups is 3. The van der Waals surface area contributed by atoms with Crippen LogP contribution < -0.4 is 0 Å². The highest BCUT2D eigenvalue weighted by Crippen LogP contribution is 2.19. The van der Waals surface area contributed by atoms with Crippen molar-refractivity contribution in [2.24, 2.45) is 0 Å². The Bertz CT molecular complexity index is 2100. The van der Waals surface area contributed by atoms with Crippen LogP contribution in [0.5, 0.6) is 0 Å². The molecule has 2 atom stereocenters. The summed E-state index contributed by atoms with van der Waals surface area (Å²) in [7, 11) is 5.99. The minimum absolute atomic E-state index is 0.182. The molecule has 0 aliphatic rings. The number of unbranched alkanes of at least 4 members (excludes halogenated alkanes) is 39. The molecule has 1 N–H and O–H groups in total. The number of esters is 2. The lowest BCUT2D eigenvalue weighted by Gasteiger charge is -2.25. The van der Waals surface area contributed by atoms with Crippen molar-refractivity contribution in [2.75, 3.05) is 47.5 Å². The molecule has 0 fully saturated rings. The number of quaternary nitrogens is 1.